The number of hydrogen-bond donors (Lipinski definition) is 2. The summed E-state index contributed by atoms with van der Waals surface area (Å²) in [7, 11) is 0. The van der Waals surface area contributed by atoms with Gasteiger partial charge in [-0.15, -0.1) is 5.10 Å². The van der Waals surface area contributed by atoms with Crippen LogP contribution in [0.3, 0.4) is 0 Å². The zero-order valence-corrected chi connectivity index (χ0v) is 11.7. The van der Waals surface area contributed by atoms with Gasteiger partial charge in [-0.2, -0.15) is 0 Å². The summed E-state index contributed by atoms with van der Waals surface area (Å²) in [6.45, 7) is 2.94. The Hall–Kier alpha value is -1.39. The standard InChI is InChI=1S/C14H24N4O/c1-2-3-4-5-6-7-10-15-14(19)13-16-12(17-18-13)11-8-9-11/h11H,2-10H2,1H3,(H,15,19)(H,16,17,18). The average Bonchev–Trinajstić information content (AvgIpc) is 3.15. The summed E-state index contributed by atoms with van der Waals surface area (Å²) < 4.78 is 0. The maximum absolute atomic E-state index is 11.8. The number of aromatic amines is 1. The van der Waals surface area contributed by atoms with Gasteiger partial charge in [0.15, 0.2) is 0 Å². The lowest BCUT2D eigenvalue weighted by atomic mass is 10.1. The Morgan fingerprint density at radius 2 is 2.00 bits per heavy atom. The van der Waals surface area contributed by atoms with Gasteiger partial charge < -0.3 is 5.32 Å². The van der Waals surface area contributed by atoms with Gasteiger partial charge in [-0.05, 0) is 19.3 Å². The molecule has 1 saturated carbocycles. The Labute approximate surface area is 114 Å². The normalized spacial score (nSPS) is 14.6. The SMILES string of the molecule is CCCCCCCCNC(=O)c1n[nH]c(C2CC2)n1. The van der Waals surface area contributed by atoms with Gasteiger partial charge in [0, 0.05) is 12.5 Å². The Kier molecular flexibility index (Phi) is 5.36. The molecule has 0 radical (unpaired) electrons. The van der Waals surface area contributed by atoms with E-state index >= 15 is 0 Å². The molecule has 19 heavy (non-hydrogen) atoms. The third-order valence-corrected chi connectivity index (χ3v) is 3.49. The molecule has 1 amide bonds. The highest BCUT2D eigenvalue weighted by atomic mass is 16.2. The summed E-state index contributed by atoms with van der Waals surface area (Å²) in [5, 5.41) is 9.70. The molecule has 106 valence electrons. The Balaban J connectivity index is 1.58. The fourth-order valence-electron chi connectivity index (χ4n) is 2.10. The van der Waals surface area contributed by atoms with Crippen molar-refractivity contribution < 1.29 is 4.79 Å². The number of rotatable bonds is 9. The number of aromatic nitrogens is 3. The first kappa shape index (κ1) is 14.0. The van der Waals surface area contributed by atoms with Crippen molar-refractivity contribution in [3.8, 4) is 0 Å². The highest BCUT2D eigenvalue weighted by Gasteiger charge is 2.28. The molecule has 0 unspecified atom stereocenters. The molecule has 5 nitrogen and oxygen atoms in total. The number of carbonyl (C=O) groups is 1. The quantitative estimate of drug-likeness (QED) is 0.674. The summed E-state index contributed by atoms with van der Waals surface area (Å²) in [5.41, 5.74) is 0. The topological polar surface area (TPSA) is 70.7 Å². The molecule has 0 spiro atoms. The molecule has 5 heteroatoms. The molecule has 0 aliphatic heterocycles. The smallest absolute Gasteiger partial charge is 0.290 e. The van der Waals surface area contributed by atoms with Crippen LogP contribution in [0.2, 0.25) is 0 Å². The summed E-state index contributed by atoms with van der Waals surface area (Å²) in [6, 6.07) is 0. The van der Waals surface area contributed by atoms with Gasteiger partial charge in [0.1, 0.15) is 5.82 Å². The van der Waals surface area contributed by atoms with Crippen LogP contribution in [0.1, 0.15) is 80.7 Å². The lowest BCUT2D eigenvalue weighted by Crippen LogP contribution is -2.25. The number of hydrogen-bond acceptors (Lipinski definition) is 3. The second-order valence-corrected chi connectivity index (χ2v) is 5.34. The van der Waals surface area contributed by atoms with E-state index in [-0.39, 0.29) is 11.7 Å². The summed E-state index contributed by atoms with van der Waals surface area (Å²) in [6.07, 6.45) is 9.68. The first-order valence-electron chi connectivity index (χ1n) is 7.51. The van der Waals surface area contributed by atoms with Crippen molar-refractivity contribution in [2.24, 2.45) is 0 Å². The third-order valence-electron chi connectivity index (χ3n) is 3.49. The van der Waals surface area contributed by atoms with Gasteiger partial charge >= 0.3 is 0 Å². The first-order chi connectivity index (χ1) is 9.31. The molecule has 1 aromatic rings. The van der Waals surface area contributed by atoms with Crippen molar-refractivity contribution in [1.82, 2.24) is 20.5 Å². The van der Waals surface area contributed by atoms with Gasteiger partial charge in [0.2, 0.25) is 5.82 Å². The van der Waals surface area contributed by atoms with E-state index in [2.05, 4.69) is 27.4 Å². The Bertz CT molecular complexity index is 398. The number of nitrogens with zero attached hydrogens (tertiary/aromatic N) is 2. The van der Waals surface area contributed by atoms with Crippen molar-refractivity contribution in [2.75, 3.05) is 6.54 Å². The van der Waals surface area contributed by atoms with Crippen LogP contribution >= 0.6 is 0 Å². The molecule has 2 N–H and O–H groups in total. The molecule has 1 fully saturated rings. The van der Waals surface area contributed by atoms with Gasteiger partial charge in [-0.1, -0.05) is 39.0 Å². The minimum absolute atomic E-state index is 0.156. The molecule has 2 rings (SSSR count). The maximum Gasteiger partial charge on any atom is 0.290 e. The average molecular weight is 264 g/mol. The minimum Gasteiger partial charge on any atom is -0.349 e. The highest BCUT2D eigenvalue weighted by molar-refractivity contribution is 5.90. The van der Waals surface area contributed by atoms with E-state index < -0.39 is 0 Å². The maximum atomic E-state index is 11.8. The Morgan fingerprint density at radius 3 is 2.74 bits per heavy atom. The predicted molar refractivity (Wildman–Crippen MR) is 74.1 cm³/mol. The molecule has 0 saturated heterocycles. The molecule has 1 aromatic heterocycles. The van der Waals surface area contributed by atoms with Crippen LogP contribution < -0.4 is 5.32 Å². The number of H-pyrrole nitrogens is 1. The number of carbonyl (C=O) groups excluding carboxylic acids is 1. The third kappa shape index (κ3) is 4.65. The van der Waals surface area contributed by atoms with Crippen molar-refractivity contribution in [1.29, 1.82) is 0 Å². The number of unbranched alkanes of at least 4 members (excludes halogenated alkanes) is 5. The van der Waals surface area contributed by atoms with Gasteiger partial charge in [0.25, 0.3) is 5.91 Å². The van der Waals surface area contributed by atoms with Gasteiger partial charge in [0.05, 0.1) is 0 Å². The van der Waals surface area contributed by atoms with E-state index in [1.54, 1.807) is 0 Å². The summed E-state index contributed by atoms with van der Waals surface area (Å²) in [5.74, 6) is 1.50. The van der Waals surface area contributed by atoms with E-state index in [9.17, 15) is 4.79 Å². The summed E-state index contributed by atoms with van der Waals surface area (Å²) >= 11 is 0. The Morgan fingerprint density at radius 1 is 1.26 bits per heavy atom. The fourth-order valence-corrected chi connectivity index (χ4v) is 2.10. The monoisotopic (exact) mass is 264 g/mol. The minimum atomic E-state index is -0.156. The second-order valence-electron chi connectivity index (χ2n) is 5.34. The fraction of sp³-hybridized carbons (Fsp3) is 0.786. The molecule has 1 heterocycles. The van der Waals surface area contributed by atoms with Crippen molar-refractivity contribution in [3.05, 3.63) is 11.6 Å². The molecular formula is C14H24N4O. The number of amides is 1. The van der Waals surface area contributed by atoms with Gasteiger partial charge in [-0.3, -0.25) is 9.89 Å². The van der Waals surface area contributed by atoms with E-state index in [1.807, 2.05) is 0 Å². The number of nitrogens with one attached hydrogen (secondary N) is 2. The van der Waals surface area contributed by atoms with Crippen LogP contribution in [0.5, 0.6) is 0 Å². The zero-order chi connectivity index (χ0) is 13.5. The van der Waals surface area contributed by atoms with E-state index in [0.29, 0.717) is 5.92 Å². The highest BCUT2D eigenvalue weighted by Crippen LogP contribution is 2.37. The van der Waals surface area contributed by atoms with Crippen LogP contribution in [0.4, 0.5) is 0 Å². The van der Waals surface area contributed by atoms with Crippen molar-refractivity contribution in [2.45, 2.75) is 64.2 Å². The second kappa shape index (κ2) is 7.26. The molecule has 1 aliphatic carbocycles. The van der Waals surface area contributed by atoms with Crippen LogP contribution in [0, 0.1) is 0 Å². The molecular weight excluding hydrogens is 240 g/mol. The van der Waals surface area contributed by atoms with Gasteiger partial charge in [-0.25, -0.2) is 4.98 Å². The lowest BCUT2D eigenvalue weighted by Gasteiger charge is -2.02. The van der Waals surface area contributed by atoms with E-state index in [4.69, 9.17) is 0 Å². The van der Waals surface area contributed by atoms with Crippen molar-refractivity contribution >= 4 is 5.91 Å². The molecule has 0 bridgehead atoms. The van der Waals surface area contributed by atoms with Crippen LogP contribution in [-0.2, 0) is 0 Å². The zero-order valence-electron chi connectivity index (χ0n) is 11.7. The van der Waals surface area contributed by atoms with Crippen LogP contribution in [-0.4, -0.2) is 27.6 Å². The van der Waals surface area contributed by atoms with E-state index in [0.717, 1.165) is 31.6 Å². The van der Waals surface area contributed by atoms with Crippen LogP contribution in [0.15, 0.2) is 0 Å². The molecule has 0 atom stereocenters. The lowest BCUT2D eigenvalue weighted by molar-refractivity contribution is 0.0943. The van der Waals surface area contributed by atoms with Crippen LogP contribution in [0.25, 0.3) is 0 Å². The first-order valence-corrected chi connectivity index (χ1v) is 7.51. The van der Waals surface area contributed by atoms with E-state index in [1.165, 1.54) is 32.1 Å². The largest absolute Gasteiger partial charge is 0.349 e. The predicted octanol–water partition coefficient (Wildman–Crippen LogP) is 2.77. The molecule has 1 aliphatic rings. The molecule has 0 aromatic carbocycles. The van der Waals surface area contributed by atoms with Crippen molar-refractivity contribution in [3.63, 3.8) is 0 Å². The summed E-state index contributed by atoms with van der Waals surface area (Å²) in [4.78, 5) is 16.0.